The molecule has 2 rings (SSSR count). The third-order valence-electron chi connectivity index (χ3n) is 3.14. The van der Waals surface area contributed by atoms with Crippen LogP contribution >= 0.6 is 0 Å². The number of halogens is 1. The lowest BCUT2D eigenvalue weighted by Crippen LogP contribution is -2.26. The van der Waals surface area contributed by atoms with E-state index in [0.717, 1.165) is 5.39 Å². The first-order valence-corrected chi connectivity index (χ1v) is 6.37. The Morgan fingerprint density at radius 2 is 2.26 bits per heavy atom. The molecule has 1 aromatic carbocycles. The van der Waals surface area contributed by atoms with Crippen molar-refractivity contribution in [3.8, 4) is 0 Å². The molecule has 102 valence electrons. The second-order valence-electron chi connectivity index (χ2n) is 4.35. The average Bonchev–Trinajstić information content (AvgIpc) is 2.42. The van der Waals surface area contributed by atoms with E-state index in [1.807, 2.05) is 17.9 Å². The van der Waals surface area contributed by atoms with Gasteiger partial charge in [-0.05, 0) is 31.5 Å². The van der Waals surface area contributed by atoms with E-state index in [1.54, 1.807) is 12.3 Å². The van der Waals surface area contributed by atoms with Crippen LogP contribution in [0, 0.1) is 5.82 Å². The van der Waals surface area contributed by atoms with E-state index in [9.17, 15) is 4.39 Å². The molecule has 0 saturated heterocycles. The summed E-state index contributed by atoms with van der Waals surface area (Å²) in [7, 11) is 0. The van der Waals surface area contributed by atoms with Crippen molar-refractivity contribution in [3.63, 3.8) is 0 Å². The van der Waals surface area contributed by atoms with Crippen LogP contribution in [0.15, 0.2) is 24.4 Å². The van der Waals surface area contributed by atoms with Gasteiger partial charge in [0.1, 0.15) is 0 Å². The van der Waals surface area contributed by atoms with Crippen molar-refractivity contribution >= 4 is 22.3 Å². The Balaban J connectivity index is 2.57. The fraction of sp³-hybridized carbons (Fsp3) is 0.357. The smallest absolute Gasteiger partial charge is 0.150 e. The fourth-order valence-corrected chi connectivity index (χ4v) is 2.21. The monoisotopic (exact) mass is 263 g/mol. The summed E-state index contributed by atoms with van der Waals surface area (Å²) in [5.74, 6) is -0.372. The van der Waals surface area contributed by atoms with Gasteiger partial charge in [0, 0.05) is 37.0 Å². The minimum absolute atomic E-state index is 0.0818. The number of pyridine rings is 1. The first-order chi connectivity index (χ1) is 9.19. The summed E-state index contributed by atoms with van der Waals surface area (Å²) in [6.07, 6.45) is 2.22. The zero-order valence-electron chi connectivity index (χ0n) is 10.9. The second kappa shape index (κ2) is 5.84. The van der Waals surface area contributed by atoms with E-state index in [-0.39, 0.29) is 12.4 Å². The average molecular weight is 263 g/mol. The van der Waals surface area contributed by atoms with Crippen LogP contribution in [-0.2, 0) is 0 Å². The molecule has 0 aliphatic heterocycles. The van der Waals surface area contributed by atoms with Crippen LogP contribution in [0.1, 0.15) is 13.3 Å². The fourth-order valence-electron chi connectivity index (χ4n) is 2.21. The van der Waals surface area contributed by atoms with Crippen LogP contribution in [0.2, 0.25) is 0 Å². The lowest BCUT2D eigenvalue weighted by Gasteiger charge is -2.24. The molecule has 0 saturated carbocycles. The third-order valence-corrected chi connectivity index (χ3v) is 3.14. The van der Waals surface area contributed by atoms with E-state index in [1.165, 1.54) is 6.07 Å². The molecule has 2 aromatic rings. The number of anilines is 2. The molecule has 0 atom stereocenters. The summed E-state index contributed by atoms with van der Waals surface area (Å²) in [6, 6.07) is 4.95. The minimum Gasteiger partial charge on any atom is -0.398 e. The topological polar surface area (TPSA) is 62.4 Å². The van der Waals surface area contributed by atoms with Crippen molar-refractivity contribution in [1.29, 1.82) is 0 Å². The molecule has 1 aromatic heterocycles. The van der Waals surface area contributed by atoms with Gasteiger partial charge in [0.05, 0.1) is 11.2 Å². The van der Waals surface area contributed by atoms with Crippen molar-refractivity contribution in [2.24, 2.45) is 0 Å². The zero-order valence-corrected chi connectivity index (χ0v) is 10.9. The number of nitrogens with zero attached hydrogens (tertiary/aromatic N) is 2. The van der Waals surface area contributed by atoms with E-state index in [4.69, 9.17) is 10.8 Å². The first kappa shape index (κ1) is 13.5. The molecule has 5 heteroatoms. The van der Waals surface area contributed by atoms with E-state index in [0.29, 0.717) is 36.4 Å². The highest BCUT2D eigenvalue weighted by molar-refractivity contribution is 5.98. The Kier molecular flexibility index (Phi) is 4.16. The van der Waals surface area contributed by atoms with E-state index in [2.05, 4.69) is 4.98 Å². The molecular formula is C14H18FN3O. The Labute approximate surface area is 111 Å². The molecule has 0 fully saturated rings. The summed E-state index contributed by atoms with van der Waals surface area (Å²) in [6.45, 7) is 3.26. The number of nitrogens with two attached hydrogens (primary N) is 1. The molecule has 0 aliphatic carbocycles. The summed E-state index contributed by atoms with van der Waals surface area (Å²) >= 11 is 0. The van der Waals surface area contributed by atoms with Crippen molar-refractivity contribution in [1.82, 2.24) is 4.98 Å². The predicted octanol–water partition coefficient (Wildman–Crippen LogP) is 2.16. The maximum atomic E-state index is 14.2. The van der Waals surface area contributed by atoms with Gasteiger partial charge >= 0.3 is 0 Å². The number of benzene rings is 1. The molecule has 0 bridgehead atoms. The van der Waals surface area contributed by atoms with Gasteiger partial charge in [-0.15, -0.1) is 0 Å². The summed E-state index contributed by atoms with van der Waals surface area (Å²) in [5, 5.41) is 9.68. The molecule has 0 radical (unpaired) electrons. The number of hydrogen-bond donors (Lipinski definition) is 2. The standard InChI is InChI=1S/C14H18FN3O/c1-2-18(7-4-8-19)14-11(15)9-12(16)10-5-3-6-17-13(10)14/h3,5-6,9,19H,2,4,7-8,16H2,1H3. The van der Waals surface area contributed by atoms with Crippen LogP contribution in [0.4, 0.5) is 15.8 Å². The number of hydrogen-bond acceptors (Lipinski definition) is 4. The van der Waals surface area contributed by atoms with Gasteiger partial charge in [0.2, 0.25) is 0 Å². The Hall–Kier alpha value is -1.88. The SMILES string of the molecule is CCN(CCCO)c1c(F)cc(N)c2cccnc12. The first-order valence-electron chi connectivity index (χ1n) is 6.37. The normalized spacial score (nSPS) is 10.9. The Morgan fingerprint density at radius 3 is 2.95 bits per heavy atom. The molecule has 3 N–H and O–H groups in total. The summed E-state index contributed by atoms with van der Waals surface area (Å²) < 4.78 is 14.2. The summed E-state index contributed by atoms with van der Waals surface area (Å²) in [4.78, 5) is 6.13. The number of aromatic nitrogens is 1. The van der Waals surface area contributed by atoms with Crippen LogP contribution in [0.5, 0.6) is 0 Å². The van der Waals surface area contributed by atoms with E-state index >= 15 is 0 Å². The minimum atomic E-state index is -0.372. The van der Waals surface area contributed by atoms with Crippen LogP contribution in [-0.4, -0.2) is 29.8 Å². The molecule has 0 spiro atoms. The van der Waals surface area contributed by atoms with Gasteiger partial charge in [-0.25, -0.2) is 4.39 Å². The highest BCUT2D eigenvalue weighted by atomic mass is 19.1. The highest BCUT2D eigenvalue weighted by Gasteiger charge is 2.16. The van der Waals surface area contributed by atoms with Crippen LogP contribution in [0.25, 0.3) is 10.9 Å². The van der Waals surface area contributed by atoms with Gasteiger partial charge < -0.3 is 15.7 Å². The van der Waals surface area contributed by atoms with E-state index < -0.39 is 0 Å². The van der Waals surface area contributed by atoms with Gasteiger partial charge in [-0.3, -0.25) is 4.98 Å². The zero-order chi connectivity index (χ0) is 13.8. The molecule has 0 unspecified atom stereocenters. The molecule has 19 heavy (non-hydrogen) atoms. The molecule has 1 heterocycles. The third kappa shape index (κ3) is 2.61. The van der Waals surface area contributed by atoms with Crippen molar-refractivity contribution in [2.45, 2.75) is 13.3 Å². The largest absolute Gasteiger partial charge is 0.398 e. The Bertz CT molecular complexity index is 574. The number of nitrogen functional groups attached to an aromatic ring is 1. The van der Waals surface area contributed by atoms with Crippen LogP contribution in [0.3, 0.4) is 0 Å². The maximum absolute atomic E-state index is 14.2. The lowest BCUT2D eigenvalue weighted by atomic mass is 10.1. The van der Waals surface area contributed by atoms with Crippen molar-refractivity contribution in [2.75, 3.05) is 30.3 Å². The number of rotatable bonds is 5. The van der Waals surface area contributed by atoms with Gasteiger partial charge in [-0.1, -0.05) is 0 Å². The lowest BCUT2D eigenvalue weighted by molar-refractivity contribution is 0.289. The number of aliphatic hydroxyl groups excluding tert-OH is 1. The second-order valence-corrected chi connectivity index (χ2v) is 4.35. The van der Waals surface area contributed by atoms with Gasteiger partial charge in [0.25, 0.3) is 0 Å². The quantitative estimate of drug-likeness (QED) is 0.811. The van der Waals surface area contributed by atoms with Gasteiger partial charge in [0.15, 0.2) is 5.82 Å². The van der Waals surface area contributed by atoms with Crippen molar-refractivity contribution < 1.29 is 9.50 Å². The Morgan fingerprint density at radius 1 is 1.47 bits per heavy atom. The van der Waals surface area contributed by atoms with Gasteiger partial charge in [-0.2, -0.15) is 0 Å². The summed E-state index contributed by atoms with van der Waals surface area (Å²) in [5.41, 5.74) is 7.25. The van der Waals surface area contributed by atoms with Crippen molar-refractivity contribution in [3.05, 3.63) is 30.2 Å². The highest BCUT2D eigenvalue weighted by Crippen LogP contribution is 2.32. The molecule has 0 amide bonds. The predicted molar refractivity (Wildman–Crippen MR) is 75.7 cm³/mol. The molecular weight excluding hydrogens is 245 g/mol. The maximum Gasteiger partial charge on any atom is 0.150 e. The number of aliphatic hydroxyl groups is 1. The molecule has 4 nitrogen and oxygen atoms in total. The van der Waals surface area contributed by atoms with Crippen LogP contribution < -0.4 is 10.6 Å². The number of fused-ring (bicyclic) bond motifs is 1. The molecule has 0 aliphatic rings.